The molecule has 1 heterocycles. The van der Waals surface area contributed by atoms with E-state index in [1.54, 1.807) is 0 Å². The largest absolute Gasteiger partial charge is 0.352 e. The molecule has 116 valence electrons. The van der Waals surface area contributed by atoms with Crippen LogP contribution in [0.3, 0.4) is 0 Å². The highest BCUT2D eigenvalue weighted by Crippen LogP contribution is 2.20. The monoisotopic (exact) mass is 300 g/mol. The number of nitrogens with zero attached hydrogens (tertiary/aromatic N) is 2. The molecule has 1 fully saturated rings. The van der Waals surface area contributed by atoms with E-state index in [1.165, 1.54) is 0 Å². The van der Waals surface area contributed by atoms with Gasteiger partial charge in [0, 0.05) is 30.5 Å². The van der Waals surface area contributed by atoms with Crippen LogP contribution in [-0.4, -0.2) is 28.1 Å². The Morgan fingerprint density at radius 3 is 2.91 bits per heavy atom. The molecule has 1 amide bonds. The molecule has 3 N–H and O–H groups in total. The molecule has 1 aromatic heterocycles. The fraction of sp³-hybridized carbons (Fsp3) is 0.438. The Morgan fingerprint density at radius 1 is 1.41 bits per heavy atom. The van der Waals surface area contributed by atoms with Crippen LogP contribution in [0, 0.1) is 6.92 Å². The number of hydrogen-bond acceptors (Lipinski definition) is 5. The van der Waals surface area contributed by atoms with E-state index in [-0.39, 0.29) is 18.0 Å². The Kier molecular flexibility index (Phi) is 4.20. The molecule has 3 rings (SSSR count). The van der Waals surface area contributed by atoms with Crippen LogP contribution in [-0.2, 0) is 11.2 Å². The van der Waals surface area contributed by atoms with Gasteiger partial charge in [-0.25, -0.2) is 0 Å². The molecule has 1 saturated carbocycles. The van der Waals surface area contributed by atoms with Crippen LogP contribution in [0.25, 0.3) is 11.4 Å². The molecule has 0 saturated heterocycles. The first-order valence-corrected chi connectivity index (χ1v) is 7.57. The molecule has 2 atom stereocenters. The van der Waals surface area contributed by atoms with E-state index < -0.39 is 0 Å². The molecule has 0 radical (unpaired) electrons. The summed E-state index contributed by atoms with van der Waals surface area (Å²) in [5.74, 6) is 1.02. The molecule has 1 aromatic carbocycles. The van der Waals surface area contributed by atoms with Gasteiger partial charge in [0.15, 0.2) is 0 Å². The van der Waals surface area contributed by atoms with Crippen molar-refractivity contribution in [3.63, 3.8) is 0 Å². The zero-order valence-corrected chi connectivity index (χ0v) is 12.6. The van der Waals surface area contributed by atoms with Gasteiger partial charge >= 0.3 is 0 Å². The lowest BCUT2D eigenvalue weighted by atomic mass is 9.87. The first kappa shape index (κ1) is 14.7. The molecule has 6 heteroatoms. The van der Waals surface area contributed by atoms with E-state index in [4.69, 9.17) is 10.3 Å². The number of carbonyl (C=O) groups is 1. The Labute approximate surface area is 129 Å². The molecular formula is C16H20N4O2. The van der Waals surface area contributed by atoms with E-state index in [1.807, 2.05) is 31.2 Å². The zero-order chi connectivity index (χ0) is 15.5. The topological polar surface area (TPSA) is 94.0 Å². The zero-order valence-electron chi connectivity index (χ0n) is 12.6. The smallest absolute Gasteiger partial charge is 0.227 e. The summed E-state index contributed by atoms with van der Waals surface area (Å²) in [5, 5.41) is 6.92. The Bertz CT molecular complexity index is 668. The van der Waals surface area contributed by atoms with Gasteiger partial charge in [-0.2, -0.15) is 4.98 Å². The van der Waals surface area contributed by atoms with Crippen molar-refractivity contribution in [3.8, 4) is 11.4 Å². The van der Waals surface area contributed by atoms with Crippen molar-refractivity contribution in [2.24, 2.45) is 5.73 Å². The molecule has 0 unspecified atom stereocenters. The maximum atomic E-state index is 11.8. The average Bonchev–Trinajstić information content (AvgIpc) is 2.98. The van der Waals surface area contributed by atoms with Gasteiger partial charge in [0.25, 0.3) is 0 Å². The predicted octanol–water partition coefficient (Wildman–Crippen LogP) is 1.58. The summed E-state index contributed by atoms with van der Waals surface area (Å²) < 4.78 is 5.23. The minimum absolute atomic E-state index is 0.0178. The highest BCUT2D eigenvalue weighted by molar-refractivity contribution is 5.76. The fourth-order valence-corrected chi connectivity index (χ4v) is 2.49. The van der Waals surface area contributed by atoms with Gasteiger partial charge in [-0.15, -0.1) is 0 Å². The van der Waals surface area contributed by atoms with Crippen LogP contribution in [0.15, 0.2) is 28.8 Å². The van der Waals surface area contributed by atoms with Gasteiger partial charge in [-0.05, 0) is 25.3 Å². The second-order valence-electron chi connectivity index (χ2n) is 5.74. The highest BCUT2D eigenvalue weighted by Gasteiger charge is 2.28. The summed E-state index contributed by atoms with van der Waals surface area (Å²) in [5.41, 5.74) is 7.84. The lowest BCUT2D eigenvalue weighted by molar-refractivity contribution is -0.122. The number of nitrogens with two attached hydrogens (primary N) is 1. The predicted molar refractivity (Wildman–Crippen MR) is 81.9 cm³/mol. The van der Waals surface area contributed by atoms with Gasteiger partial charge < -0.3 is 15.6 Å². The Balaban J connectivity index is 1.56. The summed E-state index contributed by atoms with van der Waals surface area (Å²) in [4.78, 5) is 16.2. The number of amides is 1. The third kappa shape index (κ3) is 3.17. The minimum Gasteiger partial charge on any atom is -0.352 e. The van der Waals surface area contributed by atoms with Crippen molar-refractivity contribution in [1.82, 2.24) is 15.5 Å². The Hall–Kier alpha value is -2.21. The minimum atomic E-state index is -0.0178. The van der Waals surface area contributed by atoms with Gasteiger partial charge in [-0.1, -0.05) is 29.4 Å². The summed E-state index contributed by atoms with van der Waals surface area (Å²) in [6.07, 6.45) is 2.71. The molecule has 1 aliphatic rings. The third-order valence-corrected chi connectivity index (χ3v) is 4.09. The highest BCUT2D eigenvalue weighted by atomic mass is 16.5. The second kappa shape index (κ2) is 6.27. The van der Waals surface area contributed by atoms with E-state index in [0.29, 0.717) is 24.6 Å². The number of rotatable bonds is 5. The first-order chi connectivity index (χ1) is 10.6. The number of aryl methyl sites for hydroxylation is 2. The summed E-state index contributed by atoms with van der Waals surface area (Å²) in [6.45, 7) is 2.00. The summed E-state index contributed by atoms with van der Waals surface area (Å²) >= 11 is 0. The third-order valence-electron chi connectivity index (χ3n) is 4.09. The number of hydrogen-bond donors (Lipinski definition) is 2. The fourth-order valence-electron chi connectivity index (χ4n) is 2.49. The molecular weight excluding hydrogens is 280 g/mol. The van der Waals surface area contributed by atoms with Crippen LogP contribution < -0.4 is 11.1 Å². The van der Waals surface area contributed by atoms with Gasteiger partial charge in [0.05, 0.1) is 0 Å². The number of aromatic nitrogens is 2. The second-order valence-corrected chi connectivity index (χ2v) is 5.74. The molecule has 1 aliphatic carbocycles. The van der Waals surface area contributed by atoms with Crippen molar-refractivity contribution in [2.45, 2.75) is 44.7 Å². The lowest BCUT2D eigenvalue weighted by Gasteiger charge is -2.34. The van der Waals surface area contributed by atoms with E-state index in [9.17, 15) is 4.79 Å². The lowest BCUT2D eigenvalue weighted by Crippen LogP contribution is -2.54. The summed E-state index contributed by atoms with van der Waals surface area (Å²) in [7, 11) is 0. The number of carbonyl (C=O) groups excluding carboxylic acids is 1. The average molecular weight is 300 g/mol. The molecule has 0 spiro atoms. The maximum Gasteiger partial charge on any atom is 0.227 e. The van der Waals surface area contributed by atoms with Crippen molar-refractivity contribution in [1.29, 1.82) is 0 Å². The van der Waals surface area contributed by atoms with Gasteiger partial charge in [0.1, 0.15) is 0 Å². The van der Waals surface area contributed by atoms with Crippen LogP contribution in [0.4, 0.5) is 0 Å². The maximum absolute atomic E-state index is 11.8. The van der Waals surface area contributed by atoms with Crippen molar-refractivity contribution in [2.75, 3.05) is 0 Å². The SMILES string of the molecule is Cc1ccccc1-c1noc(CCC(=O)N[C@H]2CC[C@H]2N)n1. The summed E-state index contributed by atoms with van der Waals surface area (Å²) in [6, 6.07) is 8.08. The number of nitrogens with one attached hydrogen (secondary N) is 1. The molecule has 0 aliphatic heterocycles. The van der Waals surface area contributed by atoms with Crippen molar-refractivity contribution < 1.29 is 9.32 Å². The van der Waals surface area contributed by atoms with Gasteiger partial charge in [-0.3, -0.25) is 4.79 Å². The van der Waals surface area contributed by atoms with Crippen molar-refractivity contribution in [3.05, 3.63) is 35.7 Å². The van der Waals surface area contributed by atoms with E-state index in [2.05, 4.69) is 15.5 Å². The Morgan fingerprint density at radius 2 is 2.23 bits per heavy atom. The quantitative estimate of drug-likeness (QED) is 0.874. The number of benzene rings is 1. The van der Waals surface area contributed by atoms with Crippen LogP contribution in [0.2, 0.25) is 0 Å². The molecule has 22 heavy (non-hydrogen) atoms. The molecule has 2 aromatic rings. The molecule has 0 bridgehead atoms. The van der Waals surface area contributed by atoms with Crippen LogP contribution >= 0.6 is 0 Å². The standard InChI is InChI=1S/C16H20N4O2/c1-10-4-2-3-5-11(10)16-19-15(22-20-16)9-8-14(21)18-13-7-6-12(13)17/h2-5,12-13H,6-9,17H2,1H3,(H,18,21)/t12-,13+/m1/s1. The van der Waals surface area contributed by atoms with Crippen LogP contribution in [0.5, 0.6) is 0 Å². The van der Waals surface area contributed by atoms with E-state index >= 15 is 0 Å². The van der Waals surface area contributed by atoms with E-state index in [0.717, 1.165) is 24.0 Å². The van der Waals surface area contributed by atoms with Crippen molar-refractivity contribution >= 4 is 5.91 Å². The molecule has 6 nitrogen and oxygen atoms in total. The van der Waals surface area contributed by atoms with Gasteiger partial charge in [0.2, 0.25) is 17.6 Å². The first-order valence-electron chi connectivity index (χ1n) is 7.57. The van der Waals surface area contributed by atoms with Crippen LogP contribution in [0.1, 0.15) is 30.7 Å². The normalized spacial score (nSPS) is 20.5.